The number of methoxy groups -OCH3 is 1. The molecule has 1 heterocycles. The van der Waals surface area contributed by atoms with E-state index in [2.05, 4.69) is 17.3 Å². The molecule has 1 aliphatic heterocycles. The van der Waals surface area contributed by atoms with Crippen LogP contribution in [0.1, 0.15) is 31.7 Å². The first-order chi connectivity index (χ1) is 14.6. The van der Waals surface area contributed by atoms with E-state index in [4.69, 9.17) is 14.2 Å². The molecule has 1 atom stereocenters. The second-order valence-corrected chi connectivity index (χ2v) is 7.67. The van der Waals surface area contributed by atoms with Gasteiger partial charge in [0, 0.05) is 19.6 Å². The molecule has 0 bridgehead atoms. The molecule has 162 valence electrons. The van der Waals surface area contributed by atoms with Gasteiger partial charge in [-0.25, -0.2) is 0 Å². The first-order valence-corrected chi connectivity index (χ1v) is 10.6. The highest BCUT2D eigenvalue weighted by Crippen LogP contribution is 2.20. The van der Waals surface area contributed by atoms with Gasteiger partial charge in [0.1, 0.15) is 23.4 Å². The monoisotopic (exact) mass is 412 g/mol. The lowest BCUT2D eigenvalue weighted by atomic mass is 10.1. The second-order valence-electron chi connectivity index (χ2n) is 7.67. The molecule has 1 fully saturated rings. The Morgan fingerprint density at radius 3 is 2.23 bits per heavy atom. The molecule has 2 aromatic carbocycles. The molecule has 1 aliphatic rings. The van der Waals surface area contributed by atoms with Crippen LogP contribution in [0.25, 0.3) is 0 Å². The summed E-state index contributed by atoms with van der Waals surface area (Å²) < 4.78 is 17.1. The lowest BCUT2D eigenvalue weighted by Gasteiger charge is -2.29. The molecule has 0 aromatic heterocycles. The van der Waals surface area contributed by atoms with E-state index in [1.807, 2.05) is 43.3 Å². The van der Waals surface area contributed by atoms with Crippen LogP contribution in [0.4, 0.5) is 0 Å². The number of carbonyl (C=O) groups is 1. The minimum absolute atomic E-state index is 0.125. The fourth-order valence-electron chi connectivity index (χ4n) is 3.42. The minimum Gasteiger partial charge on any atom is -0.497 e. The zero-order valence-corrected chi connectivity index (χ0v) is 18.1. The molecule has 1 N–H and O–H groups in total. The lowest BCUT2D eigenvalue weighted by Crippen LogP contribution is -2.37. The Morgan fingerprint density at radius 1 is 1.03 bits per heavy atom. The molecule has 0 spiro atoms. The zero-order chi connectivity index (χ0) is 21.3. The fraction of sp³-hybridized carbons (Fsp3) is 0.458. The van der Waals surface area contributed by atoms with E-state index in [1.165, 1.54) is 0 Å². The summed E-state index contributed by atoms with van der Waals surface area (Å²) in [4.78, 5) is 14.9. The SMILES string of the molecule is CCC(Oc1ccc(OC)cc1)C(=O)NCc1ccc(OC2CCN(C)CC2)cc1. The predicted octanol–water partition coefficient (Wildman–Crippen LogP) is 3.64. The van der Waals surface area contributed by atoms with Crippen molar-refractivity contribution in [3.63, 3.8) is 0 Å². The molecule has 1 unspecified atom stereocenters. The molecule has 0 radical (unpaired) electrons. The van der Waals surface area contributed by atoms with Crippen molar-refractivity contribution in [1.29, 1.82) is 0 Å². The van der Waals surface area contributed by atoms with Gasteiger partial charge in [-0.3, -0.25) is 4.79 Å². The second kappa shape index (κ2) is 10.9. The third-order valence-electron chi connectivity index (χ3n) is 5.36. The average Bonchev–Trinajstić information content (AvgIpc) is 2.78. The van der Waals surface area contributed by atoms with Crippen molar-refractivity contribution < 1.29 is 19.0 Å². The number of rotatable bonds is 9. The van der Waals surface area contributed by atoms with Gasteiger partial charge in [0.2, 0.25) is 0 Å². The number of piperidine rings is 1. The van der Waals surface area contributed by atoms with Gasteiger partial charge in [-0.1, -0.05) is 19.1 Å². The normalized spacial score (nSPS) is 16.0. The van der Waals surface area contributed by atoms with Gasteiger partial charge >= 0.3 is 0 Å². The maximum atomic E-state index is 12.5. The van der Waals surface area contributed by atoms with Crippen LogP contribution < -0.4 is 19.5 Å². The molecule has 1 saturated heterocycles. The number of likely N-dealkylation sites (tertiary alicyclic amines) is 1. The van der Waals surface area contributed by atoms with Gasteiger partial charge in [-0.2, -0.15) is 0 Å². The minimum atomic E-state index is -0.537. The van der Waals surface area contributed by atoms with Crippen LogP contribution >= 0.6 is 0 Å². The van der Waals surface area contributed by atoms with Gasteiger partial charge in [0.25, 0.3) is 5.91 Å². The molecule has 0 aliphatic carbocycles. The Kier molecular flexibility index (Phi) is 7.97. The van der Waals surface area contributed by atoms with Crippen molar-refractivity contribution >= 4 is 5.91 Å². The van der Waals surface area contributed by atoms with E-state index >= 15 is 0 Å². The molecular weight excluding hydrogens is 380 g/mol. The Hall–Kier alpha value is -2.73. The first-order valence-electron chi connectivity index (χ1n) is 10.6. The summed E-state index contributed by atoms with van der Waals surface area (Å²) in [5.74, 6) is 2.16. The van der Waals surface area contributed by atoms with Crippen LogP contribution in [-0.2, 0) is 11.3 Å². The van der Waals surface area contributed by atoms with Crippen molar-refractivity contribution in [3.05, 3.63) is 54.1 Å². The van der Waals surface area contributed by atoms with Crippen LogP contribution in [-0.4, -0.2) is 50.3 Å². The lowest BCUT2D eigenvalue weighted by molar-refractivity contribution is -0.128. The molecule has 3 rings (SSSR count). The summed E-state index contributed by atoms with van der Waals surface area (Å²) in [6.45, 7) is 4.54. The van der Waals surface area contributed by atoms with E-state index in [0.29, 0.717) is 18.7 Å². The maximum Gasteiger partial charge on any atom is 0.261 e. The summed E-state index contributed by atoms with van der Waals surface area (Å²) in [7, 11) is 3.76. The number of ether oxygens (including phenoxy) is 3. The van der Waals surface area contributed by atoms with Crippen LogP contribution in [0.3, 0.4) is 0 Å². The van der Waals surface area contributed by atoms with Crippen molar-refractivity contribution in [2.24, 2.45) is 0 Å². The van der Waals surface area contributed by atoms with Crippen LogP contribution in [0.15, 0.2) is 48.5 Å². The van der Waals surface area contributed by atoms with Crippen molar-refractivity contribution in [2.75, 3.05) is 27.2 Å². The first kappa shape index (κ1) is 22.0. The molecule has 6 nitrogen and oxygen atoms in total. The van der Waals surface area contributed by atoms with Gasteiger partial charge in [0.05, 0.1) is 7.11 Å². The number of hydrogen-bond donors (Lipinski definition) is 1. The van der Waals surface area contributed by atoms with E-state index in [9.17, 15) is 4.79 Å². The Bertz CT molecular complexity index is 784. The third kappa shape index (κ3) is 6.39. The van der Waals surface area contributed by atoms with E-state index in [0.717, 1.165) is 43.0 Å². The summed E-state index contributed by atoms with van der Waals surface area (Å²) in [6, 6.07) is 15.2. The van der Waals surface area contributed by atoms with Crippen LogP contribution in [0, 0.1) is 0 Å². The largest absolute Gasteiger partial charge is 0.497 e. The standard InChI is InChI=1S/C24H32N2O4/c1-4-23(30-21-11-9-19(28-3)10-12-21)24(27)25-17-18-5-7-20(8-6-18)29-22-13-15-26(2)16-14-22/h5-12,22-23H,4,13-17H2,1-3H3,(H,25,27). The van der Waals surface area contributed by atoms with Gasteiger partial charge in [-0.15, -0.1) is 0 Å². The molecule has 0 saturated carbocycles. The topological polar surface area (TPSA) is 60.0 Å². The number of nitrogens with one attached hydrogen (secondary N) is 1. The molecule has 1 amide bonds. The van der Waals surface area contributed by atoms with E-state index in [1.54, 1.807) is 19.2 Å². The van der Waals surface area contributed by atoms with Crippen molar-refractivity contribution in [1.82, 2.24) is 10.2 Å². The Balaban J connectivity index is 1.46. The molecule has 6 heteroatoms. The summed E-state index contributed by atoms with van der Waals surface area (Å²) in [6.07, 6.45) is 2.45. The molecule has 30 heavy (non-hydrogen) atoms. The average molecular weight is 413 g/mol. The van der Waals surface area contributed by atoms with E-state index < -0.39 is 6.10 Å². The number of carbonyl (C=O) groups excluding carboxylic acids is 1. The number of nitrogens with zero attached hydrogens (tertiary/aromatic N) is 1. The zero-order valence-electron chi connectivity index (χ0n) is 18.1. The van der Waals surface area contributed by atoms with Crippen molar-refractivity contribution in [3.8, 4) is 17.2 Å². The van der Waals surface area contributed by atoms with Gasteiger partial charge in [-0.05, 0) is 68.3 Å². The van der Waals surface area contributed by atoms with Gasteiger partial charge in [0.15, 0.2) is 6.10 Å². The third-order valence-corrected chi connectivity index (χ3v) is 5.36. The highest BCUT2D eigenvalue weighted by Gasteiger charge is 2.19. The number of amides is 1. The molecular formula is C24H32N2O4. The predicted molar refractivity (Wildman–Crippen MR) is 117 cm³/mol. The fourth-order valence-corrected chi connectivity index (χ4v) is 3.42. The Labute approximate surface area is 179 Å². The summed E-state index contributed by atoms with van der Waals surface area (Å²) in [5, 5.41) is 2.96. The quantitative estimate of drug-likeness (QED) is 0.681. The smallest absolute Gasteiger partial charge is 0.261 e. The highest BCUT2D eigenvalue weighted by atomic mass is 16.5. The van der Waals surface area contributed by atoms with Crippen LogP contribution in [0.2, 0.25) is 0 Å². The van der Waals surface area contributed by atoms with Crippen LogP contribution in [0.5, 0.6) is 17.2 Å². The summed E-state index contributed by atoms with van der Waals surface area (Å²) in [5.41, 5.74) is 1.03. The van der Waals surface area contributed by atoms with E-state index in [-0.39, 0.29) is 12.0 Å². The number of hydrogen-bond acceptors (Lipinski definition) is 5. The highest BCUT2D eigenvalue weighted by molar-refractivity contribution is 5.81. The van der Waals surface area contributed by atoms with Gasteiger partial charge < -0.3 is 24.4 Å². The number of benzene rings is 2. The summed E-state index contributed by atoms with van der Waals surface area (Å²) >= 11 is 0. The maximum absolute atomic E-state index is 12.5. The van der Waals surface area contributed by atoms with Crippen molar-refractivity contribution in [2.45, 2.75) is 44.9 Å². The molecule has 2 aromatic rings. The Morgan fingerprint density at radius 2 is 1.63 bits per heavy atom.